The van der Waals surface area contributed by atoms with Crippen molar-refractivity contribution in [2.45, 2.75) is 0 Å². The number of halogens is 1. The molecule has 3 nitrogen and oxygen atoms in total. The summed E-state index contributed by atoms with van der Waals surface area (Å²) in [5.41, 5.74) is 3.29. The number of rotatable bonds is 3. The standard InChI is InChI=1S/C23H21FN2O/c24-21-12-6-7-13-22(21)25-14-16-26(17-15-25)23(27)20-11-5-4-10-19(20)18-8-2-1-3-9-18/h1-13H,14-17H2. The fraction of sp³-hybridized carbons (Fsp3) is 0.174. The van der Waals surface area contributed by atoms with Gasteiger partial charge >= 0.3 is 0 Å². The fourth-order valence-electron chi connectivity index (χ4n) is 3.57. The van der Waals surface area contributed by atoms with E-state index in [0.717, 1.165) is 11.1 Å². The topological polar surface area (TPSA) is 23.6 Å². The highest BCUT2D eigenvalue weighted by atomic mass is 19.1. The lowest BCUT2D eigenvalue weighted by atomic mass is 9.98. The van der Waals surface area contributed by atoms with Crippen molar-refractivity contribution in [3.63, 3.8) is 0 Å². The maximum atomic E-state index is 14.0. The molecule has 0 aliphatic carbocycles. The molecular formula is C23H21FN2O. The van der Waals surface area contributed by atoms with Gasteiger partial charge in [0.25, 0.3) is 5.91 Å². The molecule has 0 aromatic heterocycles. The average molecular weight is 360 g/mol. The van der Waals surface area contributed by atoms with Gasteiger partial charge in [-0.2, -0.15) is 0 Å². The van der Waals surface area contributed by atoms with Gasteiger partial charge in [0.05, 0.1) is 5.69 Å². The molecule has 0 atom stereocenters. The number of amides is 1. The van der Waals surface area contributed by atoms with Crippen molar-refractivity contribution >= 4 is 11.6 Å². The molecule has 0 saturated carbocycles. The van der Waals surface area contributed by atoms with Gasteiger partial charge in [0.15, 0.2) is 0 Å². The van der Waals surface area contributed by atoms with E-state index < -0.39 is 0 Å². The maximum Gasteiger partial charge on any atom is 0.254 e. The van der Waals surface area contributed by atoms with Gasteiger partial charge in [-0.25, -0.2) is 4.39 Å². The van der Waals surface area contributed by atoms with Crippen LogP contribution in [-0.2, 0) is 0 Å². The predicted molar refractivity (Wildman–Crippen MR) is 106 cm³/mol. The van der Waals surface area contributed by atoms with Crippen molar-refractivity contribution in [1.29, 1.82) is 0 Å². The number of carbonyl (C=O) groups is 1. The number of para-hydroxylation sites is 1. The van der Waals surface area contributed by atoms with E-state index in [1.54, 1.807) is 12.1 Å². The lowest BCUT2D eigenvalue weighted by Crippen LogP contribution is -2.49. The van der Waals surface area contributed by atoms with Crippen molar-refractivity contribution in [3.05, 3.63) is 90.2 Å². The van der Waals surface area contributed by atoms with E-state index >= 15 is 0 Å². The minimum absolute atomic E-state index is 0.0302. The van der Waals surface area contributed by atoms with E-state index in [1.165, 1.54) is 6.07 Å². The van der Waals surface area contributed by atoms with Crippen LogP contribution in [0.5, 0.6) is 0 Å². The molecule has 136 valence electrons. The summed E-state index contributed by atoms with van der Waals surface area (Å²) in [7, 11) is 0. The molecule has 3 aromatic carbocycles. The summed E-state index contributed by atoms with van der Waals surface area (Å²) in [6, 6.07) is 24.5. The van der Waals surface area contributed by atoms with Crippen LogP contribution in [0.4, 0.5) is 10.1 Å². The van der Waals surface area contributed by atoms with Crippen molar-refractivity contribution in [2.24, 2.45) is 0 Å². The minimum Gasteiger partial charge on any atom is -0.366 e. The van der Waals surface area contributed by atoms with Gasteiger partial charge < -0.3 is 9.80 Å². The Morgan fingerprint density at radius 2 is 1.37 bits per heavy atom. The Bertz CT molecular complexity index is 934. The summed E-state index contributed by atoms with van der Waals surface area (Å²) >= 11 is 0. The average Bonchev–Trinajstić information content (AvgIpc) is 2.74. The van der Waals surface area contributed by atoms with Gasteiger partial charge in [0.2, 0.25) is 0 Å². The summed E-state index contributed by atoms with van der Waals surface area (Å²) in [5, 5.41) is 0. The lowest BCUT2D eigenvalue weighted by Gasteiger charge is -2.36. The second-order valence-corrected chi connectivity index (χ2v) is 6.64. The summed E-state index contributed by atoms with van der Waals surface area (Å²) < 4.78 is 14.0. The number of hydrogen-bond donors (Lipinski definition) is 0. The summed E-state index contributed by atoms with van der Waals surface area (Å²) in [6.45, 7) is 2.41. The van der Waals surface area contributed by atoms with Crippen LogP contribution in [0.1, 0.15) is 10.4 Å². The second kappa shape index (κ2) is 7.62. The Morgan fingerprint density at radius 3 is 2.11 bits per heavy atom. The predicted octanol–water partition coefficient (Wildman–Crippen LogP) is 4.46. The van der Waals surface area contributed by atoms with Crippen molar-refractivity contribution in [2.75, 3.05) is 31.1 Å². The van der Waals surface area contributed by atoms with Gasteiger partial charge in [0, 0.05) is 31.7 Å². The van der Waals surface area contributed by atoms with Gasteiger partial charge in [-0.1, -0.05) is 60.7 Å². The van der Waals surface area contributed by atoms with E-state index in [4.69, 9.17) is 0 Å². The van der Waals surface area contributed by atoms with E-state index in [1.807, 2.05) is 70.5 Å². The normalized spacial score (nSPS) is 14.3. The number of nitrogens with zero attached hydrogens (tertiary/aromatic N) is 2. The number of carbonyl (C=O) groups excluding carboxylic acids is 1. The quantitative estimate of drug-likeness (QED) is 0.689. The molecule has 27 heavy (non-hydrogen) atoms. The van der Waals surface area contributed by atoms with Crippen LogP contribution in [0.3, 0.4) is 0 Å². The van der Waals surface area contributed by atoms with E-state index in [2.05, 4.69) is 0 Å². The van der Waals surface area contributed by atoms with Crippen LogP contribution in [0, 0.1) is 5.82 Å². The maximum absolute atomic E-state index is 14.0. The zero-order valence-corrected chi connectivity index (χ0v) is 15.0. The van der Waals surface area contributed by atoms with Crippen LogP contribution in [0.2, 0.25) is 0 Å². The van der Waals surface area contributed by atoms with Gasteiger partial charge in [0.1, 0.15) is 5.82 Å². The van der Waals surface area contributed by atoms with E-state index in [0.29, 0.717) is 37.4 Å². The Hall–Kier alpha value is -3.14. The first kappa shape index (κ1) is 17.3. The van der Waals surface area contributed by atoms with Crippen LogP contribution >= 0.6 is 0 Å². The zero-order valence-electron chi connectivity index (χ0n) is 15.0. The molecule has 0 radical (unpaired) electrons. The molecule has 3 aromatic rings. The molecule has 1 saturated heterocycles. The second-order valence-electron chi connectivity index (χ2n) is 6.64. The highest BCUT2D eigenvalue weighted by Gasteiger charge is 2.25. The SMILES string of the molecule is O=C(c1ccccc1-c1ccccc1)N1CCN(c2ccccc2F)CC1. The van der Waals surface area contributed by atoms with Crippen LogP contribution in [0.15, 0.2) is 78.9 Å². The summed E-state index contributed by atoms with van der Waals surface area (Å²) in [5.74, 6) is -0.186. The van der Waals surface area contributed by atoms with Crippen LogP contribution in [0.25, 0.3) is 11.1 Å². The number of anilines is 1. The molecule has 1 aliphatic heterocycles. The fourth-order valence-corrected chi connectivity index (χ4v) is 3.57. The third-order valence-electron chi connectivity index (χ3n) is 5.00. The van der Waals surface area contributed by atoms with Crippen LogP contribution in [-0.4, -0.2) is 37.0 Å². The number of hydrogen-bond acceptors (Lipinski definition) is 2. The van der Waals surface area contributed by atoms with E-state index in [-0.39, 0.29) is 11.7 Å². The molecule has 1 amide bonds. The van der Waals surface area contributed by atoms with Crippen molar-refractivity contribution in [1.82, 2.24) is 4.90 Å². The van der Waals surface area contributed by atoms with Crippen molar-refractivity contribution < 1.29 is 9.18 Å². The number of piperazine rings is 1. The smallest absolute Gasteiger partial charge is 0.254 e. The Balaban J connectivity index is 1.52. The lowest BCUT2D eigenvalue weighted by molar-refractivity contribution is 0.0747. The van der Waals surface area contributed by atoms with Crippen molar-refractivity contribution in [3.8, 4) is 11.1 Å². The first-order valence-electron chi connectivity index (χ1n) is 9.17. The monoisotopic (exact) mass is 360 g/mol. The van der Waals surface area contributed by atoms with Gasteiger partial charge in [-0.3, -0.25) is 4.79 Å². The van der Waals surface area contributed by atoms with Gasteiger partial charge in [-0.05, 0) is 29.3 Å². The third-order valence-corrected chi connectivity index (χ3v) is 5.00. The highest BCUT2D eigenvalue weighted by molar-refractivity contribution is 6.01. The Morgan fingerprint density at radius 1 is 0.741 bits per heavy atom. The first-order valence-corrected chi connectivity index (χ1v) is 9.17. The zero-order chi connectivity index (χ0) is 18.6. The molecule has 1 heterocycles. The molecule has 4 rings (SSSR count). The summed E-state index contributed by atoms with van der Waals surface area (Å²) in [6.07, 6.45) is 0. The Labute approximate surface area is 158 Å². The molecule has 0 spiro atoms. The molecule has 4 heteroatoms. The highest BCUT2D eigenvalue weighted by Crippen LogP contribution is 2.26. The van der Waals surface area contributed by atoms with Gasteiger partial charge in [-0.15, -0.1) is 0 Å². The molecular weight excluding hydrogens is 339 g/mol. The molecule has 0 bridgehead atoms. The molecule has 0 N–H and O–H groups in total. The molecule has 1 aliphatic rings. The largest absolute Gasteiger partial charge is 0.366 e. The first-order chi connectivity index (χ1) is 13.2. The number of benzene rings is 3. The van der Waals surface area contributed by atoms with E-state index in [9.17, 15) is 9.18 Å². The van der Waals surface area contributed by atoms with Crippen LogP contribution < -0.4 is 4.90 Å². The Kier molecular flexibility index (Phi) is 4.88. The third kappa shape index (κ3) is 3.56. The summed E-state index contributed by atoms with van der Waals surface area (Å²) in [4.78, 5) is 17.0. The molecule has 0 unspecified atom stereocenters. The minimum atomic E-state index is -0.216. The molecule has 1 fully saturated rings.